The number of morpholine rings is 1. The first-order chi connectivity index (χ1) is 15.9. The molecule has 0 spiro atoms. The van der Waals surface area contributed by atoms with E-state index in [4.69, 9.17) is 17.0 Å². The van der Waals surface area contributed by atoms with Crippen LogP contribution in [0.4, 0.5) is 0 Å². The summed E-state index contributed by atoms with van der Waals surface area (Å²) >= 11 is 5.62. The third-order valence-electron chi connectivity index (χ3n) is 5.45. The van der Waals surface area contributed by atoms with Crippen LogP contribution in [-0.2, 0) is 33.4 Å². The van der Waals surface area contributed by atoms with Crippen molar-refractivity contribution in [1.82, 2.24) is 24.7 Å². The summed E-state index contributed by atoms with van der Waals surface area (Å²) in [6.07, 6.45) is 3.32. The Balaban J connectivity index is 1.81. The number of aromatic nitrogens is 2. The Morgan fingerprint density at radius 2 is 2.03 bits per heavy atom. The zero-order chi connectivity index (χ0) is 23.7. The van der Waals surface area contributed by atoms with Crippen molar-refractivity contribution in [2.24, 2.45) is 0 Å². The zero-order valence-corrected chi connectivity index (χ0v) is 20.8. The molecule has 2 aromatic rings. The number of ether oxygens (including phenoxy) is 1. The van der Waals surface area contributed by atoms with E-state index < -0.39 is 9.84 Å². The maximum Gasteiger partial charge on any atom is 0.228 e. The van der Waals surface area contributed by atoms with E-state index in [2.05, 4.69) is 26.7 Å². The van der Waals surface area contributed by atoms with Crippen molar-refractivity contribution in [2.45, 2.75) is 30.9 Å². The Kier molecular flexibility index (Phi) is 9.42. The van der Waals surface area contributed by atoms with E-state index in [1.54, 1.807) is 16.8 Å². The van der Waals surface area contributed by atoms with E-state index in [0.29, 0.717) is 18.2 Å². The van der Waals surface area contributed by atoms with Crippen LogP contribution in [0.15, 0.2) is 54.3 Å². The standard InChI is InChI=1S/C23H33N5O3S2/c1-3-10-28-21(17-25-23(28)33(29,30)19-20-8-6-5-7-9-20)18-27(22(32)24-4-2)12-11-26-13-15-31-16-14-26/h3,5-9,17H,1,4,10-16,18-19H2,2H3,(H,24,32). The minimum Gasteiger partial charge on any atom is -0.379 e. The second-order valence-corrected chi connectivity index (χ2v) is 10.2. The zero-order valence-electron chi connectivity index (χ0n) is 19.1. The van der Waals surface area contributed by atoms with Gasteiger partial charge < -0.3 is 19.5 Å². The second-order valence-electron chi connectivity index (χ2n) is 7.89. The highest BCUT2D eigenvalue weighted by molar-refractivity contribution is 7.90. The molecule has 1 fully saturated rings. The molecule has 0 unspecified atom stereocenters. The molecular formula is C23H33N5O3S2. The molecule has 2 heterocycles. The molecule has 0 aliphatic carbocycles. The molecule has 1 aliphatic heterocycles. The number of nitrogens with zero attached hydrogens (tertiary/aromatic N) is 4. The highest BCUT2D eigenvalue weighted by atomic mass is 32.2. The van der Waals surface area contributed by atoms with Crippen LogP contribution in [0.2, 0.25) is 0 Å². The first-order valence-corrected chi connectivity index (χ1v) is 13.3. The van der Waals surface area contributed by atoms with Crippen LogP contribution in [0.3, 0.4) is 0 Å². The van der Waals surface area contributed by atoms with E-state index in [9.17, 15) is 8.42 Å². The maximum absolute atomic E-state index is 13.2. The Labute approximate surface area is 202 Å². The van der Waals surface area contributed by atoms with Crippen molar-refractivity contribution in [3.63, 3.8) is 0 Å². The number of allylic oxidation sites excluding steroid dienone is 1. The molecule has 1 N–H and O–H groups in total. The molecule has 180 valence electrons. The molecule has 0 atom stereocenters. The van der Waals surface area contributed by atoms with Crippen molar-refractivity contribution < 1.29 is 13.2 Å². The molecule has 3 rings (SSSR count). The number of nitrogens with one attached hydrogen (secondary N) is 1. The molecular weight excluding hydrogens is 458 g/mol. The number of rotatable bonds is 11. The van der Waals surface area contributed by atoms with Gasteiger partial charge in [-0.05, 0) is 24.7 Å². The van der Waals surface area contributed by atoms with Crippen LogP contribution in [0.1, 0.15) is 18.2 Å². The number of thiocarbonyl (C=S) groups is 1. The van der Waals surface area contributed by atoms with Gasteiger partial charge in [0.2, 0.25) is 15.0 Å². The van der Waals surface area contributed by atoms with Crippen molar-refractivity contribution in [2.75, 3.05) is 45.9 Å². The van der Waals surface area contributed by atoms with Gasteiger partial charge in [0.25, 0.3) is 0 Å². The van der Waals surface area contributed by atoms with E-state index >= 15 is 0 Å². The molecule has 1 aliphatic rings. The molecule has 0 saturated carbocycles. The maximum atomic E-state index is 13.2. The van der Waals surface area contributed by atoms with Gasteiger partial charge in [0.05, 0.1) is 37.4 Å². The second kappa shape index (κ2) is 12.3. The third kappa shape index (κ3) is 7.10. The van der Waals surface area contributed by atoms with Gasteiger partial charge in [-0.1, -0.05) is 36.4 Å². The quantitative estimate of drug-likeness (QED) is 0.378. The highest BCUT2D eigenvalue weighted by Crippen LogP contribution is 2.19. The SMILES string of the molecule is C=CCn1c(CN(CCN2CCOCC2)C(=S)NCC)cnc1S(=O)(=O)Cc1ccccc1. The van der Waals surface area contributed by atoms with Gasteiger partial charge in [-0.15, -0.1) is 6.58 Å². The van der Waals surface area contributed by atoms with Gasteiger partial charge in [0, 0.05) is 39.3 Å². The molecule has 1 aromatic carbocycles. The normalized spacial score (nSPS) is 14.7. The minimum absolute atomic E-state index is 0.0590. The van der Waals surface area contributed by atoms with Gasteiger partial charge in [-0.2, -0.15) is 0 Å². The highest BCUT2D eigenvalue weighted by Gasteiger charge is 2.25. The van der Waals surface area contributed by atoms with Gasteiger partial charge >= 0.3 is 0 Å². The number of hydrogen-bond donors (Lipinski definition) is 1. The van der Waals surface area contributed by atoms with Gasteiger partial charge in [-0.25, -0.2) is 13.4 Å². The van der Waals surface area contributed by atoms with E-state index in [0.717, 1.165) is 57.2 Å². The van der Waals surface area contributed by atoms with Crippen LogP contribution in [-0.4, -0.2) is 78.8 Å². The number of hydrogen-bond acceptors (Lipinski definition) is 6. The molecule has 8 nitrogen and oxygen atoms in total. The van der Waals surface area contributed by atoms with Crippen LogP contribution in [0.5, 0.6) is 0 Å². The Morgan fingerprint density at radius 1 is 1.30 bits per heavy atom. The summed E-state index contributed by atoms with van der Waals surface area (Å²) in [5.74, 6) is -0.0992. The van der Waals surface area contributed by atoms with E-state index in [1.807, 2.05) is 37.3 Å². The topological polar surface area (TPSA) is 79.7 Å². The molecule has 10 heteroatoms. The summed E-state index contributed by atoms with van der Waals surface area (Å²) in [6, 6.07) is 9.15. The number of benzene rings is 1. The fourth-order valence-corrected chi connectivity index (χ4v) is 5.55. The monoisotopic (exact) mass is 491 g/mol. The third-order valence-corrected chi connectivity index (χ3v) is 7.45. The van der Waals surface area contributed by atoms with Gasteiger partial charge in [0.15, 0.2) is 5.11 Å². The Hall–Kier alpha value is -2.27. The molecule has 1 aromatic heterocycles. The average Bonchev–Trinajstić information content (AvgIpc) is 3.21. The van der Waals surface area contributed by atoms with Crippen molar-refractivity contribution in [3.05, 3.63) is 60.4 Å². The lowest BCUT2D eigenvalue weighted by atomic mass is 10.2. The fraction of sp³-hybridized carbons (Fsp3) is 0.478. The van der Waals surface area contributed by atoms with Gasteiger partial charge in [-0.3, -0.25) is 4.90 Å². The summed E-state index contributed by atoms with van der Waals surface area (Å²) in [6.45, 7) is 12.2. The molecule has 33 heavy (non-hydrogen) atoms. The molecule has 0 radical (unpaired) electrons. The average molecular weight is 492 g/mol. The predicted octanol–water partition coefficient (Wildman–Crippen LogP) is 2.07. The van der Waals surface area contributed by atoms with E-state index in [1.165, 1.54) is 0 Å². The van der Waals surface area contributed by atoms with Gasteiger partial charge in [0.1, 0.15) is 0 Å². The minimum atomic E-state index is -3.63. The lowest BCUT2D eigenvalue weighted by Gasteiger charge is -2.31. The molecule has 0 bridgehead atoms. The summed E-state index contributed by atoms with van der Waals surface area (Å²) < 4.78 is 33.5. The molecule has 0 amide bonds. The number of imidazole rings is 1. The van der Waals surface area contributed by atoms with Crippen LogP contribution in [0, 0.1) is 0 Å². The van der Waals surface area contributed by atoms with E-state index in [-0.39, 0.29) is 10.9 Å². The first kappa shape index (κ1) is 25.4. The van der Waals surface area contributed by atoms with Crippen molar-refractivity contribution >= 4 is 27.2 Å². The van der Waals surface area contributed by atoms with Crippen LogP contribution < -0.4 is 5.32 Å². The smallest absolute Gasteiger partial charge is 0.228 e. The fourth-order valence-electron chi connectivity index (χ4n) is 3.75. The predicted molar refractivity (Wildman–Crippen MR) is 134 cm³/mol. The first-order valence-electron chi connectivity index (χ1n) is 11.2. The summed E-state index contributed by atoms with van der Waals surface area (Å²) in [4.78, 5) is 8.74. The summed E-state index contributed by atoms with van der Waals surface area (Å²) in [5, 5.41) is 3.92. The number of sulfone groups is 1. The van der Waals surface area contributed by atoms with Crippen molar-refractivity contribution in [3.8, 4) is 0 Å². The van der Waals surface area contributed by atoms with Crippen LogP contribution >= 0.6 is 12.2 Å². The largest absolute Gasteiger partial charge is 0.379 e. The van der Waals surface area contributed by atoms with Crippen LogP contribution in [0.25, 0.3) is 0 Å². The lowest BCUT2D eigenvalue weighted by Crippen LogP contribution is -2.46. The molecule has 1 saturated heterocycles. The Morgan fingerprint density at radius 3 is 2.70 bits per heavy atom. The summed E-state index contributed by atoms with van der Waals surface area (Å²) in [5.41, 5.74) is 1.51. The van der Waals surface area contributed by atoms with Crippen molar-refractivity contribution in [1.29, 1.82) is 0 Å². The lowest BCUT2D eigenvalue weighted by molar-refractivity contribution is 0.0356. The Bertz CT molecular complexity index is 1020. The summed E-state index contributed by atoms with van der Waals surface area (Å²) in [7, 11) is -3.63.